The van der Waals surface area contributed by atoms with Gasteiger partial charge in [0, 0.05) is 12.4 Å². The third kappa shape index (κ3) is 3.33. The number of rotatable bonds is 4. The van der Waals surface area contributed by atoms with E-state index in [1.54, 1.807) is 13.1 Å². The zero-order valence-corrected chi connectivity index (χ0v) is 13.2. The lowest BCUT2D eigenvalue weighted by atomic mass is 9.97. The first-order valence-electron chi connectivity index (χ1n) is 8.07. The maximum Gasteiger partial charge on any atom is 0.270 e. The van der Waals surface area contributed by atoms with Crippen molar-refractivity contribution in [2.75, 3.05) is 7.05 Å². The van der Waals surface area contributed by atoms with E-state index in [0.717, 1.165) is 36.6 Å². The average molecular weight is 311 g/mol. The molecule has 0 bridgehead atoms. The molecule has 5 heteroatoms. The van der Waals surface area contributed by atoms with Crippen molar-refractivity contribution < 1.29 is 9.59 Å². The van der Waals surface area contributed by atoms with Crippen LogP contribution in [-0.4, -0.2) is 29.9 Å². The molecule has 2 amide bonds. The van der Waals surface area contributed by atoms with Gasteiger partial charge in [-0.25, -0.2) is 4.98 Å². The molecule has 1 heterocycles. The molecule has 0 radical (unpaired) electrons. The molecule has 120 valence electrons. The van der Waals surface area contributed by atoms with Gasteiger partial charge in [-0.15, -0.1) is 0 Å². The zero-order valence-electron chi connectivity index (χ0n) is 13.2. The Balaban J connectivity index is 1.80. The van der Waals surface area contributed by atoms with Gasteiger partial charge in [0.15, 0.2) is 0 Å². The highest BCUT2D eigenvalue weighted by atomic mass is 16.2. The summed E-state index contributed by atoms with van der Waals surface area (Å²) in [7, 11) is 1.60. The molecule has 1 aromatic heterocycles. The largest absolute Gasteiger partial charge is 0.357 e. The highest BCUT2D eigenvalue weighted by molar-refractivity contribution is 5.97. The van der Waals surface area contributed by atoms with Gasteiger partial charge in [-0.05, 0) is 30.9 Å². The number of hydrogen-bond acceptors (Lipinski definition) is 3. The summed E-state index contributed by atoms with van der Waals surface area (Å²) >= 11 is 0. The van der Waals surface area contributed by atoms with Crippen LogP contribution < -0.4 is 10.6 Å². The number of hydrogen-bond donors (Lipinski definition) is 2. The van der Waals surface area contributed by atoms with E-state index in [-0.39, 0.29) is 17.7 Å². The Bertz CT molecular complexity index is 723. The quantitative estimate of drug-likeness (QED) is 0.910. The van der Waals surface area contributed by atoms with Gasteiger partial charge >= 0.3 is 0 Å². The lowest BCUT2D eigenvalue weighted by Gasteiger charge is -2.23. The van der Waals surface area contributed by atoms with Crippen LogP contribution in [0.25, 0.3) is 10.9 Å². The fourth-order valence-electron chi connectivity index (χ4n) is 3.25. The van der Waals surface area contributed by atoms with Crippen LogP contribution >= 0.6 is 0 Å². The van der Waals surface area contributed by atoms with E-state index in [0.29, 0.717) is 5.69 Å². The van der Waals surface area contributed by atoms with Crippen LogP contribution in [-0.2, 0) is 4.79 Å². The minimum absolute atomic E-state index is 0.133. The summed E-state index contributed by atoms with van der Waals surface area (Å²) in [5.74, 6) is -0.221. The Morgan fingerprint density at radius 2 is 1.87 bits per heavy atom. The number of likely N-dealkylation sites (N-methyl/N-ethyl adjacent to an activating group) is 1. The van der Waals surface area contributed by atoms with E-state index in [1.165, 1.54) is 0 Å². The molecule has 1 aliphatic carbocycles. The van der Waals surface area contributed by atoms with E-state index < -0.39 is 6.04 Å². The number of amides is 2. The maximum absolute atomic E-state index is 12.5. The Morgan fingerprint density at radius 3 is 2.61 bits per heavy atom. The van der Waals surface area contributed by atoms with E-state index in [1.807, 2.05) is 30.3 Å². The van der Waals surface area contributed by atoms with Crippen LogP contribution in [0.4, 0.5) is 0 Å². The number of fused-ring (bicyclic) bond motifs is 1. The van der Waals surface area contributed by atoms with Gasteiger partial charge in [0.2, 0.25) is 5.91 Å². The lowest BCUT2D eigenvalue weighted by molar-refractivity contribution is -0.123. The Labute approximate surface area is 135 Å². The first-order valence-corrected chi connectivity index (χ1v) is 8.07. The highest BCUT2D eigenvalue weighted by Gasteiger charge is 2.31. The molecule has 1 fully saturated rings. The summed E-state index contributed by atoms with van der Waals surface area (Å²) in [6.45, 7) is 0. The van der Waals surface area contributed by atoms with Gasteiger partial charge in [0.1, 0.15) is 11.7 Å². The van der Waals surface area contributed by atoms with Crippen molar-refractivity contribution in [3.63, 3.8) is 0 Å². The number of aromatic nitrogens is 1. The lowest BCUT2D eigenvalue weighted by Crippen LogP contribution is -2.49. The first kappa shape index (κ1) is 15.5. The van der Waals surface area contributed by atoms with Crippen LogP contribution in [0.15, 0.2) is 36.4 Å². The van der Waals surface area contributed by atoms with Crippen molar-refractivity contribution in [2.45, 2.75) is 31.7 Å². The minimum Gasteiger partial charge on any atom is -0.357 e. The predicted molar refractivity (Wildman–Crippen MR) is 89.0 cm³/mol. The topological polar surface area (TPSA) is 71.1 Å². The summed E-state index contributed by atoms with van der Waals surface area (Å²) in [4.78, 5) is 29.1. The standard InChI is InChI=1S/C18H21N3O2/c1-19-18(23)16(13-7-2-3-8-13)21-17(22)15-11-10-12-6-4-5-9-14(12)20-15/h4-6,9-11,13,16H,2-3,7-8H2,1H3,(H,19,23)(H,21,22). The molecule has 1 atom stereocenters. The molecule has 1 aliphatic rings. The van der Waals surface area contributed by atoms with Crippen molar-refractivity contribution >= 4 is 22.7 Å². The number of benzene rings is 1. The average Bonchev–Trinajstić information content (AvgIpc) is 3.12. The maximum atomic E-state index is 12.5. The molecular weight excluding hydrogens is 290 g/mol. The van der Waals surface area contributed by atoms with Gasteiger partial charge in [-0.1, -0.05) is 37.1 Å². The summed E-state index contributed by atoms with van der Waals surface area (Å²) < 4.78 is 0. The van der Waals surface area contributed by atoms with Crippen LogP contribution in [0.3, 0.4) is 0 Å². The molecule has 2 N–H and O–H groups in total. The second-order valence-electron chi connectivity index (χ2n) is 6.00. The summed E-state index contributed by atoms with van der Waals surface area (Å²) in [5, 5.41) is 6.52. The number of carbonyl (C=O) groups is 2. The van der Waals surface area contributed by atoms with Crippen LogP contribution in [0.1, 0.15) is 36.2 Å². The summed E-state index contributed by atoms with van der Waals surface area (Å²) in [5.41, 5.74) is 1.12. The van der Waals surface area contributed by atoms with Gasteiger partial charge in [-0.2, -0.15) is 0 Å². The smallest absolute Gasteiger partial charge is 0.270 e. The van der Waals surface area contributed by atoms with Gasteiger partial charge in [0.05, 0.1) is 5.52 Å². The fraction of sp³-hybridized carbons (Fsp3) is 0.389. The second kappa shape index (κ2) is 6.77. The number of nitrogens with zero attached hydrogens (tertiary/aromatic N) is 1. The third-order valence-electron chi connectivity index (χ3n) is 4.52. The van der Waals surface area contributed by atoms with Crippen molar-refractivity contribution in [3.05, 3.63) is 42.1 Å². The van der Waals surface area contributed by atoms with E-state index >= 15 is 0 Å². The van der Waals surface area contributed by atoms with Gasteiger partial charge in [-0.3, -0.25) is 9.59 Å². The van der Waals surface area contributed by atoms with Gasteiger partial charge in [0.25, 0.3) is 5.91 Å². The van der Waals surface area contributed by atoms with E-state index in [4.69, 9.17) is 0 Å². The van der Waals surface area contributed by atoms with Gasteiger partial charge < -0.3 is 10.6 Å². The van der Waals surface area contributed by atoms with Crippen molar-refractivity contribution in [1.82, 2.24) is 15.6 Å². The van der Waals surface area contributed by atoms with E-state index in [9.17, 15) is 9.59 Å². The molecule has 0 spiro atoms. The molecule has 23 heavy (non-hydrogen) atoms. The minimum atomic E-state index is -0.483. The molecule has 1 unspecified atom stereocenters. The molecule has 5 nitrogen and oxygen atoms in total. The van der Waals surface area contributed by atoms with Crippen LogP contribution in [0.2, 0.25) is 0 Å². The molecule has 1 saturated carbocycles. The Morgan fingerprint density at radius 1 is 1.13 bits per heavy atom. The molecule has 2 aromatic rings. The van der Waals surface area contributed by atoms with Crippen LogP contribution in [0.5, 0.6) is 0 Å². The fourth-order valence-corrected chi connectivity index (χ4v) is 3.25. The van der Waals surface area contributed by atoms with Crippen molar-refractivity contribution in [1.29, 1.82) is 0 Å². The first-order chi connectivity index (χ1) is 11.2. The molecule has 0 aliphatic heterocycles. The Hall–Kier alpha value is -2.43. The second-order valence-corrected chi connectivity index (χ2v) is 6.00. The van der Waals surface area contributed by atoms with Crippen molar-refractivity contribution in [3.8, 4) is 0 Å². The molecule has 3 rings (SSSR count). The van der Waals surface area contributed by atoms with Crippen LogP contribution in [0, 0.1) is 5.92 Å². The van der Waals surface area contributed by atoms with Crippen molar-refractivity contribution in [2.24, 2.45) is 5.92 Å². The zero-order chi connectivity index (χ0) is 16.2. The number of carbonyl (C=O) groups excluding carboxylic acids is 2. The summed E-state index contributed by atoms with van der Waals surface area (Å²) in [6.07, 6.45) is 4.18. The monoisotopic (exact) mass is 311 g/mol. The third-order valence-corrected chi connectivity index (χ3v) is 4.52. The number of para-hydroxylation sites is 1. The number of nitrogens with one attached hydrogen (secondary N) is 2. The SMILES string of the molecule is CNC(=O)C(NC(=O)c1ccc2ccccc2n1)C1CCCC1. The number of pyridine rings is 1. The highest BCUT2D eigenvalue weighted by Crippen LogP contribution is 2.28. The molecule has 0 saturated heterocycles. The predicted octanol–water partition coefficient (Wildman–Crippen LogP) is 2.27. The van der Waals surface area contributed by atoms with E-state index in [2.05, 4.69) is 15.6 Å². The summed E-state index contributed by atoms with van der Waals surface area (Å²) in [6, 6.07) is 10.8. The molecular formula is C18H21N3O2. The normalized spacial score (nSPS) is 16.2. The Kier molecular flexibility index (Phi) is 4.55. The molecule has 1 aromatic carbocycles.